The van der Waals surface area contributed by atoms with Crippen molar-refractivity contribution in [1.29, 1.82) is 0 Å². The summed E-state index contributed by atoms with van der Waals surface area (Å²) < 4.78 is 0. The highest BCUT2D eigenvalue weighted by Crippen LogP contribution is 2.41. The normalized spacial score (nSPS) is 20.6. The van der Waals surface area contributed by atoms with Crippen molar-refractivity contribution in [3.63, 3.8) is 0 Å². The maximum Gasteiger partial charge on any atom is -0.00469 e. The standard InChI is InChI=1S/C23H38.2C2H6/c1-5-15-23(6-2)16-13-11-9-7-8-10-12-14-21-17-19(3)20(4)18-22(21)23;2*1-2/h17-18H,5-16H2,1-4H3;2*1-2H3. The van der Waals surface area contributed by atoms with Gasteiger partial charge in [0, 0.05) is 0 Å². The Balaban J connectivity index is 0.00000158. The number of hydrogen-bond acceptors (Lipinski definition) is 0. The van der Waals surface area contributed by atoms with E-state index in [4.69, 9.17) is 0 Å². The molecule has 0 radical (unpaired) electrons. The summed E-state index contributed by atoms with van der Waals surface area (Å²) >= 11 is 0. The van der Waals surface area contributed by atoms with Crippen molar-refractivity contribution in [2.24, 2.45) is 0 Å². The zero-order chi connectivity index (χ0) is 20.7. The molecule has 0 nitrogen and oxygen atoms in total. The molecule has 1 aliphatic carbocycles. The second kappa shape index (κ2) is 15.2. The molecule has 0 saturated carbocycles. The quantitative estimate of drug-likeness (QED) is 0.494. The van der Waals surface area contributed by atoms with E-state index in [1.165, 1.54) is 88.2 Å². The van der Waals surface area contributed by atoms with E-state index in [0.29, 0.717) is 5.41 Å². The van der Waals surface area contributed by atoms with E-state index >= 15 is 0 Å². The Morgan fingerprint density at radius 1 is 0.741 bits per heavy atom. The molecule has 0 saturated heterocycles. The molecule has 0 aliphatic heterocycles. The van der Waals surface area contributed by atoms with Gasteiger partial charge in [-0.1, -0.05) is 98.6 Å². The molecule has 0 heterocycles. The fourth-order valence-corrected chi connectivity index (χ4v) is 4.66. The molecule has 0 amide bonds. The van der Waals surface area contributed by atoms with Crippen molar-refractivity contribution >= 4 is 0 Å². The first-order valence-corrected chi connectivity index (χ1v) is 12.2. The van der Waals surface area contributed by atoms with E-state index < -0.39 is 0 Å². The summed E-state index contributed by atoms with van der Waals surface area (Å²) in [4.78, 5) is 0. The molecule has 158 valence electrons. The lowest BCUT2D eigenvalue weighted by atomic mass is 9.68. The van der Waals surface area contributed by atoms with Crippen LogP contribution in [0.15, 0.2) is 12.1 Å². The number of hydrogen-bond donors (Lipinski definition) is 0. The fraction of sp³-hybridized carbons (Fsp3) is 0.778. The van der Waals surface area contributed by atoms with E-state index in [9.17, 15) is 0 Å². The third-order valence-electron chi connectivity index (χ3n) is 6.30. The van der Waals surface area contributed by atoms with Crippen LogP contribution in [0.3, 0.4) is 0 Å². The van der Waals surface area contributed by atoms with Gasteiger partial charge < -0.3 is 0 Å². The van der Waals surface area contributed by atoms with Gasteiger partial charge in [-0.25, -0.2) is 0 Å². The molecule has 2 rings (SSSR count). The lowest BCUT2D eigenvalue weighted by Crippen LogP contribution is -2.27. The third-order valence-corrected chi connectivity index (χ3v) is 6.30. The average molecular weight is 375 g/mol. The molecule has 0 aromatic heterocycles. The van der Waals surface area contributed by atoms with Crippen molar-refractivity contribution in [3.05, 3.63) is 34.4 Å². The SMILES string of the molecule is CC.CC.CCCC1(CC)CCCCCCCCCc2cc(C)c(C)cc21. The lowest BCUT2D eigenvalue weighted by Gasteiger charge is -2.36. The Hall–Kier alpha value is -0.780. The van der Waals surface area contributed by atoms with Gasteiger partial charge in [0.2, 0.25) is 0 Å². The molecular weight excluding hydrogens is 324 g/mol. The molecule has 0 fully saturated rings. The highest BCUT2D eigenvalue weighted by molar-refractivity contribution is 5.42. The van der Waals surface area contributed by atoms with E-state index in [-0.39, 0.29) is 0 Å². The Kier molecular flexibility index (Phi) is 14.7. The third kappa shape index (κ3) is 8.00. The minimum absolute atomic E-state index is 0.432. The Labute approximate surface area is 172 Å². The summed E-state index contributed by atoms with van der Waals surface area (Å²) in [6.07, 6.45) is 16.6. The zero-order valence-corrected chi connectivity index (χ0v) is 20.1. The first-order chi connectivity index (χ1) is 13.1. The smallest absolute Gasteiger partial charge is 0.00469 e. The van der Waals surface area contributed by atoms with E-state index in [2.05, 4.69) is 39.8 Å². The molecule has 1 atom stereocenters. The largest absolute Gasteiger partial charge is 0.0683 e. The van der Waals surface area contributed by atoms with Gasteiger partial charge in [0.15, 0.2) is 0 Å². The van der Waals surface area contributed by atoms with Crippen LogP contribution in [0.5, 0.6) is 0 Å². The maximum absolute atomic E-state index is 2.57. The fourth-order valence-electron chi connectivity index (χ4n) is 4.66. The molecule has 0 spiro atoms. The van der Waals surface area contributed by atoms with Gasteiger partial charge in [-0.05, 0) is 73.6 Å². The van der Waals surface area contributed by atoms with Crippen molar-refractivity contribution in [2.45, 2.75) is 138 Å². The monoisotopic (exact) mass is 374 g/mol. The van der Waals surface area contributed by atoms with E-state index in [0.717, 1.165) is 0 Å². The minimum atomic E-state index is 0.432. The van der Waals surface area contributed by atoms with Gasteiger partial charge in [0.05, 0.1) is 0 Å². The summed E-state index contributed by atoms with van der Waals surface area (Å²) in [6.45, 7) is 17.4. The summed E-state index contributed by atoms with van der Waals surface area (Å²) in [7, 11) is 0. The van der Waals surface area contributed by atoms with Crippen LogP contribution in [-0.4, -0.2) is 0 Å². The maximum atomic E-state index is 2.57. The molecule has 1 aromatic carbocycles. The van der Waals surface area contributed by atoms with E-state index in [1.807, 2.05) is 27.7 Å². The predicted molar refractivity (Wildman–Crippen MR) is 126 cm³/mol. The molecule has 1 unspecified atom stereocenters. The highest BCUT2D eigenvalue weighted by Gasteiger charge is 2.31. The van der Waals surface area contributed by atoms with Crippen LogP contribution in [0.1, 0.15) is 134 Å². The summed E-state index contributed by atoms with van der Waals surface area (Å²) in [5, 5.41) is 0. The second-order valence-electron chi connectivity index (χ2n) is 7.95. The van der Waals surface area contributed by atoms with Crippen molar-refractivity contribution in [1.82, 2.24) is 0 Å². The molecular formula is C27H50. The Morgan fingerprint density at radius 3 is 1.81 bits per heavy atom. The molecule has 0 heteroatoms. The number of benzene rings is 1. The summed E-state index contributed by atoms with van der Waals surface area (Å²) in [6, 6.07) is 5.09. The van der Waals surface area contributed by atoms with Crippen LogP contribution in [-0.2, 0) is 11.8 Å². The second-order valence-corrected chi connectivity index (χ2v) is 7.95. The van der Waals surface area contributed by atoms with Crippen molar-refractivity contribution < 1.29 is 0 Å². The van der Waals surface area contributed by atoms with Crippen LogP contribution < -0.4 is 0 Å². The van der Waals surface area contributed by atoms with Crippen LogP contribution in [0.25, 0.3) is 0 Å². The van der Waals surface area contributed by atoms with Gasteiger partial charge in [-0.2, -0.15) is 0 Å². The van der Waals surface area contributed by atoms with Crippen LogP contribution in [0, 0.1) is 13.8 Å². The Morgan fingerprint density at radius 2 is 1.26 bits per heavy atom. The lowest BCUT2D eigenvalue weighted by molar-refractivity contribution is 0.327. The molecule has 0 N–H and O–H groups in total. The van der Waals surface area contributed by atoms with Crippen LogP contribution in [0.4, 0.5) is 0 Å². The van der Waals surface area contributed by atoms with Crippen LogP contribution >= 0.6 is 0 Å². The van der Waals surface area contributed by atoms with Crippen LogP contribution in [0.2, 0.25) is 0 Å². The molecule has 1 aromatic rings. The van der Waals surface area contributed by atoms with Gasteiger partial charge in [-0.3, -0.25) is 0 Å². The first kappa shape index (κ1) is 26.2. The van der Waals surface area contributed by atoms with E-state index in [1.54, 1.807) is 11.1 Å². The van der Waals surface area contributed by atoms with Crippen molar-refractivity contribution in [3.8, 4) is 0 Å². The van der Waals surface area contributed by atoms with Gasteiger partial charge >= 0.3 is 0 Å². The topological polar surface area (TPSA) is 0 Å². The summed E-state index contributed by atoms with van der Waals surface area (Å²) in [5.41, 5.74) is 6.79. The number of aryl methyl sites for hydroxylation is 3. The summed E-state index contributed by atoms with van der Waals surface area (Å²) in [5.74, 6) is 0. The van der Waals surface area contributed by atoms with Gasteiger partial charge in [-0.15, -0.1) is 0 Å². The predicted octanol–water partition coefficient (Wildman–Crippen LogP) is 9.48. The number of fused-ring (bicyclic) bond motifs is 1. The molecule has 27 heavy (non-hydrogen) atoms. The Bertz CT molecular complexity index is 485. The minimum Gasteiger partial charge on any atom is -0.0683 e. The van der Waals surface area contributed by atoms with Gasteiger partial charge in [0.1, 0.15) is 0 Å². The zero-order valence-electron chi connectivity index (χ0n) is 20.1. The molecule has 0 bridgehead atoms. The number of rotatable bonds is 3. The average Bonchev–Trinajstić information content (AvgIpc) is 2.70. The van der Waals surface area contributed by atoms with Crippen molar-refractivity contribution in [2.75, 3.05) is 0 Å². The highest BCUT2D eigenvalue weighted by atomic mass is 14.4. The molecule has 1 aliphatic rings. The van der Waals surface area contributed by atoms with Gasteiger partial charge in [0.25, 0.3) is 0 Å². The first-order valence-electron chi connectivity index (χ1n) is 12.2.